The molecular formula is C18H18N8. The van der Waals surface area contributed by atoms with E-state index in [9.17, 15) is 5.26 Å². The van der Waals surface area contributed by atoms with Gasteiger partial charge in [0, 0.05) is 44.2 Å². The molecule has 5 heterocycles. The first kappa shape index (κ1) is 15.1. The van der Waals surface area contributed by atoms with E-state index in [0.29, 0.717) is 17.4 Å². The minimum atomic E-state index is 0.558. The highest BCUT2D eigenvalue weighted by Crippen LogP contribution is 2.35. The molecule has 0 spiro atoms. The molecule has 2 fully saturated rings. The summed E-state index contributed by atoms with van der Waals surface area (Å²) < 4.78 is 1.79. The van der Waals surface area contributed by atoms with Crippen LogP contribution in [0.1, 0.15) is 11.4 Å². The van der Waals surface area contributed by atoms with Crippen LogP contribution in [0.15, 0.2) is 30.5 Å². The zero-order valence-electron chi connectivity index (χ0n) is 14.4. The molecule has 0 amide bonds. The van der Waals surface area contributed by atoms with Crippen molar-refractivity contribution in [1.29, 1.82) is 5.26 Å². The van der Waals surface area contributed by atoms with Gasteiger partial charge in [0.15, 0.2) is 11.5 Å². The lowest BCUT2D eigenvalue weighted by Gasteiger charge is -2.23. The van der Waals surface area contributed by atoms with Crippen molar-refractivity contribution in [3.63, 3.8) is 0 Å². The molecule has 2 aliphatic heterocycles. The number of anilines is 2. The minimum absolute atomic E-state index is 0.558. The summed E-state index contributed by atoms with van der Waals surface area (Å²) in [6.07, 6.45) is 1.76. The molecule has 130 valence electrons. The molecule has 0 aliphatic carbocycles. The summed E-state index contributed by atoms with van der Waals surface area (Å²) in [5.74, 6) is 3.70. The maximum atomic E-state index is 9.32. The molecule has 2 saturated heterocycles. The molecule has 2 atom stereocenters. The van der Waals surface area contributed by atoms with E-state index in [0.717, 1.165) is 49.3 Å². The van der Waals surface area contributed by atoms with Crippen LogP contribution in [-0.4, -0.2) is 51.0 Å². The molecule has 2 aliphatic rings. The van der Waals surface area contributed by atoms with Crippen molar-refractivity contribution < 1.29 is 0 Å². The van der Waals surface area contributed by atoms with Gasteiger partial charge in [0.1, 0.15) is 17.7 Å². The Hall–Kier alpha value is -3.21. The van der Waals surface area contributed by atoms with Crippen molar-refractivity contribution >= 4 is 17.3 Å². The third-order valence-electron chi connectivity index (χ3n) is 5.42. The largest absolute Gasteiger partial charge is 0.355 e. The van der Waals surface area contributed by atoms with Crippen LogP contribution >= 0.6 is 0 Å². The Balaban J connectivity index is 1.35. The van der Waals surface area contributed by atoms with Crippen LogP contribution in [0.4, 0.5) is 11.6 Å². The lowest BCUT2D eigenvalue weighted by atomic mass is 10.0. The lowest BCUT2D eigenvalue weighted by Crippen LogP contribution is -2.30. The van der Waals surface area contributed by atoms with E-state index < -0.39 is 0 Å². The van der Waals surface area contributed by atoms with Gasteiger partial charge in [-0.1, -0.05) is 0 Å². The number of rotatable bonds is 2. The molecule has 0 bridgehead atoms. The molecule has 8 heteroatoms. The molecule has 0 N–H and O–H groups in total. The predicted octanol–water partition coefficient (Wildman–Crippen LogP) is 1.27. The van der Waals surface area contributed by atoms with Crippen LogP contribution in [0.5, 0.6) is 0 Å². The Kier molecular flexibility index (Phi) is 3.28. The van der Waals surface area contributed by atoms with Gasteiger partial charge in [-0.2, -0.15) is 9.78 Å². The quantitative estimate of drug-likeness (QED) is 0.690. The van der Waals surface area contributed by atoms with Gasteiger partial charge in [0.05, 0.1) is 5.56 Å². The zero-order chi connectivity index (χ0) is 17.7. The second-order valence-electron chi connectivity index (χ2n) is 7.03. The van der Waals surface area contributed by atoms with E-state index in [-0.39, 0.29) is 0 Å². The number of hydrogen-bond donors (Lipinski definition) is 0. The molecule has 3 aromatic rings. The third-order valence-corrected chi connectivity index (χ3v) is 5.42. The van der Waals surface area contributed by atoms with E-state index in [2.05, 4.69) is 31.1 Å². The van der Waals surface area contributed by atoms with Crippen molar-refractivity contribution in [2.24, 2.45) is 11.8 Å². The van der Waals surface area contributed by atoms with E-state index >= 15 is 0 Å². The summed E-state index contributed by atoms with van der Waals surface area (Å²) in [6, 6.07) is 9.90. The topological polar surface area (TPSA) is 86.2 Å². The van der Waals surface area contributed by atoms with Crippen LogP contribution < -0.4 is 9.80 Å². The Morgan fingerprint density at radius 2 is 1.81 bits per heavy atom. The molecule has 5 rings (SSSR count). The normalized spacial score (nSPS) is 22.0. The van der Waals surface area contributed by atoms with Gasteiger partial charge >= 0.3 is 0 Å². The highest BCUT2D eigenvalue weighted by Gasteiger charge is 2.41. The van der Waals surface area contributed by atoms with E-state index in [1.165, 1.54) is 0 Å². The van der Waals surface area contributed by atoms with Gasteiger partial charge in [0.2, 0.25) is 0 Å². The van der Waals surface area contributed by atoms with Crippen molar-refractivity contribution in [2.75, 3.05) is 36.0 Å². The Bertz CT molecular complexity index is 1010. The summed E-state index contributed by atoms with van der Waals surface area (Å²) in [7, 11) is 0. The molecule has 0 aromatic carbocycles. The van der Waals surface area contributed by atoms with Gasteiger partial charge in [-0.15, -0.1) is 15.3 Å². The van der Waals surface area contributed by atoms with E-state index in [1.54, 1.807) is 10.7 Å². The number of nitriles is 1. The molecule has 0 radical (unpaired) electrons. The zero-order valence-corrected chi connectivity index (χ0v) is 14.4. The highest BCUT2D eigenvalue weighted by atomic mass is 15.4. The van der Waals surface area contributed by atoms with Gasteiger partial charge in [-0.05, 0) is 31.2 Å². The van der Waals surface area contributed by atoms with E-state index in [1.807, 2.05) is 31.2 Å². The van der Waals surface area contributed by atoms with Crippen molar-refractivity contribution in [3.8, 4) is 6.07 Å². The number of aryl methyl sites for hydroxylation is 1. The summed E-state index contributed by atoms with van der Waals surface area (Å²) in [4.78, 5) is 9.03. The molecule has 2 unspecified atom stereocenters. The fraction of sp³-hybridized carbons (Fsp3) is 0.389. The molecule has 3 aromatic heterocycles. The number of fused-ring (bicyclic) bond motifs is 2. The van der Waals surface area contributed by atoms with Gasteiger partial charge in [0.25, 0.3) is 0 Å². The predicted molar refractivity (Wildman–Crippen MR) is 95.9 cm³/mol. The number of hydrogen-bond acceptors (Lipinski definition) is 7. The Morgan fingerprint density at radius 1 is 1.04 bits per heavy atom. The number of nitrogens with zero attached hydrogens (tertiary/aromatic N) is 8. The molecule has 8 nitrogen and oxygen atoms in total. The first-order valence-corrected chi connectivity index (χ1v) is 8.77. The summed E-state index contributed by atoms with van der Waals surface area (Å²) in [5.41, 5.74) is 1.43. The highest BCUT2D eigenvalue weighted by molar-refractivity contribution is 5.55. The van der Waals surface area contributed by atoms with Gasteiger partial charge in [-0.3, -0.25) is 0 Å². The van der Waals surface area contributed by atoms with Crippen LogP contribution in [0.2, 0.25) is 0 Å². The van der Waals surface area contributed by atoms with Crippen LogP contribution in [-0.2, 0) is 0 Å². The fourth-order valence-electron chi connectivity index (χ4n) is 4.14. The average molecular weight is 346 g/mol. The second kappa shape index (κ2) is 5.66. The number of aromatic nitrogens is 5. The van der Waals surface area contributed by atoms with Crippen molar-refractivity contribution in [3.05, 3.63) is 41.9 Å². The van der Waals surface area contributed by atoms with E-state index in [4.69, 9.17) is 5.10 Å². The number of pyridine rings is 1. The average Bonchev–Trinajstić information content (AvgIpc) is 3.35. The van der Waals surface area contributed by atoms with Crippen LogP contribution in [0, 0.1) is 30.1 Å². The van der Waals surface area contributed by atoms with Crippen LogP contribution in [0.25, 0.3) is 5.65 Å². The summed E-state index contributed by atoms with van der Waals surface area (Å²) >= 11 is 0. The summed E-state index contributed by atoms with van der Waals surface area (Å²) in [5, 5.41) is 22.2. The molecular weight excluding hydrogens is 328 g/mol. The third kappa shape index (κ3) is 2.28. The SMILES string of the molecule is Cc1nnc2ccc(N3CC4CN(c5ncccc5C#N)CC4C3)nn12. The maximum absolute atomic E-state index is 9.32. The van der Waals surface area contributed by atoms with Crippen molar-refractivity contribution in [2.45, 2.75) is 6.92 Å². The fourth-order valence-corrected chi connectivity index (χ4v) is 4.14. The monoisotopic (exact) mass is 346 g/mol. The van der Waals surface area contributed by atoms with Crippen molar-refractivity contribution in [1.82, 2.24) is 24.8 Å². The first-order chi connectivity index (χ1) is 12.7. The Morgan fingerprint density at radius 3 is 2.58 bits per heavy atom. The first-order valence-electron chi connectivity index (χ1n) is 8.77. The minimum Gasteiger partial charge on any atom is -0.355 e. The summed E-state index contributed by atoms with van der Waals surface area (Å²) in [6.45, 7) is 5.71. The molecule has 26 heavy (non-hydrogen) atoms. The standard InChI is InChI=1S/C18H18N8/c1-12-21-22-16-4-5-17(23-26(12)16)24-8-14-10-25(11-15(14)9-24)18-13(7-19)3-2-6-20-18/h2-6,14-15H,8-11H2,1H3. The van der Waals surface area contributed by atoms with Gasteiger partial charge < -0.3 is 9.80 Å². The van der Waals surface area contributed by atoms with Gasteiger partial charge in [-0.25, -0.2) is 4.98 Å². The smallest absolute Gasteiger partial charge is 0.178 e. The maximum Gasteiger partial charge on any atom is 0.178 e. The Labute approximate surface area is 150 Å². The lowest BCUT2D eigenvalue weighted by molar-refractivity contribution is 0.533. The second-order valence-corrected chi connectivity index (χ2v) is 7.03. The van der Waals surface area contributed by atoms with Crippen LogP contribution in [0.3, 0.4) is 0 Å². The molecule has 0 saturated carbocycles.